The molecule has 40 heavy (non-hydrogen) atoms. The number of carbonyl (C=O) groups is 2. The molecule has 0 saturated carbocycles. The lowest BCUT2D eigenvalue weighted by molar-refractivity contribution is -0.139. The Labute approximate surface area is 226 Å². The summed E-state index contributed by atoms with van der Waals surface area (Å²) in [4.78, 5) is 24.6. The summed E-state index contributed by atoms with van der Waals surface area (Å²) in [6.07, 6.45) is -4.43. The van der Waals surface area contributed by atoms with Gasteiger partial charge in [-0.25, -0.2) is 4.79 Å². The number of alkyl halides is 3. The molecule has 1 atom stereocenters. The maximum atomic E-state index is 12.8. The zero-order valence-corrected chi connectivity index (χ0v) is 20.7. The molecular formula is C29H23F3N2O6. The van der Waals surface area contributed by atoms with Crippen LogP contribution in [0.4, 0.5) is 18.9 Å². The number of nitrogens with one attached hydrogen (secondary N) is 1. The van der Waals surface area contributed by atoms with Crippen molar-refractivity contribution in [1.82, 2.24) is 5.32 Å². The zero-order chi connectivity index (χ0) is 28.9. The van der Waals surface area contributed by atoms with E-state index in [0.717, 1.165) is 12.1 Å². The molecule has 0 fully saturated rings. The summed E-state index contributed by atoms with van der Waals surface area (Å²) < 4.78 is 44.0. The van der Waals surface area contributed by atoms with Crippen LogP contribution in [0.25, 0.3) is 11.1 Å². The number of aliphatic carboxylic acids is 1. The van der Waals surface area contributed by atoms with Crippen molar-refractivity contribution in [1.29, 1.82) is 0 Å². The Bertz CT molecular complexity index is 1450. The number of amides is 1. The highest BCUT2D eigenvalue weighted by Crippen LogP contribution is 2.31. The highest BCUT2D eigenvalue weighted by atomic mass is 19.4. The Morgan fingerprint density at radius 3 is 1.75 bits per heavy atom. The third-order valence-electron chi connectivity index (χ3n) is 5.96. The maximum absolute atomic E-state index is 12.8. The van der Waals surface area contributed by atoms with Crippen molar-refractivity contribution in [3.63, 3.8) is 0 Å². The smallest absolute Gasteiger partial charge is 0.416 e. The number of hydrogen-bond donors (Lipinski definition) is 4. The molecule has 4 aromatic rings. The van der Waals surface area contributed by atoms with Gasteiger partial charge in [0.2, 0.25) is 0 Å². The number of nitrogens with zero attached hydrogens (tertiary/aromatic N) is 1. The number of halogens is 3. The molecule has 8 nitrogen and oxygen atoms in total. The van der Waals surface area contributed by atoms with Crippen LogP contribution in [-0.2, 0) is 17.4 Å². The summed E-state index contributed by atoms with van der Waals surface area (Å²) in [5, 5.41) is 30.1. The van der Waals surface area contributed by atoms with Crippen molar-refractivity contribution < 1.29 is 43.0 Å². The lowest BCUT2D eigenvalue weighted by atomic mass is 10.0. The molecule has 0 aliphatic carbocycles. The Hall–Kier alpha value is -4.87. The number of carbonyl (C=O) groups excluding carboxylic acids is 1. The molecule has 4 N–H and O–H groups in total. The van der Waals surface area contributed by atoms with E-state index in [2.05, 4.69) is 5.32 Å². The fraction of sp³-hybridized carbons (Fsp3) is 0.103. The second-order valence-electron chi connectivity index (χ2n) is 8.75. The quantitative estimate of drug-likeness (QED) is 0.183. The van der Waals surface area contributed by atoms with E-state index in [9.17, 15) is 27.9 Å². The van der Waals surface area contributed by atoms with Gasteiger partial charge in [0, 0.05) is 12.0 Å². The minimum atomic E-state index is -4.43. The van der Waals surface area contributed by atoms with Gasteiger partial charge in [0.05, 0.1) is 11.3 Å². The van der Waals surface area contributed by atoms with Crippen LogP contribution in [0.1, 0.15) is 21.5 Å². The number of benzene rings is 4. The Morgan fingerprint density at radius 2 is 1.27 bits per heavy atom. The van der Waals surface area contributed by atoms with E-state index < -0.39 is 29.7 Å². The molecule has 0 bridgehead atoms. The number of rotatable bonds is 9. The molecule has 0 radical (unpaired) electrons. The highest BCUT2D eigenvalue weighted by Gasteiger charge is 2.30. The van der Waals surface area contributed by atoms with E-state index in [1.807, 2.05) is 0 Å². The summed E-state index contributed by atoms with van der Waals surface area (Å²) in [7, 11) is 0. The number of carboxylic acids is 1. The number of hydrogen-bond acceptors (Lipinski definition) is 6. The normalized spacial score (nSPS) is 11.9. The van der Waals surface area contributed by atoms with Gasteiger partial charge in [-0.2, -0.15) is 13.2 Å². The van der Waals surface area contributed by atoms with E-state index in [4.69, 9.17) is 15.2 Å². The third kappa shape index (κ3) is 7.16. The molecule has 0 aliphatic heterocycles. The summed E-state index contributed by atoms with van der Waals surface area (Å²) in [6.45, 7) is 0. The minimum absolute atomic E-state index is 0.00250. The average molecular weight is 553 g/mol. The summed E-state index contributed by atoms with van der Waals surface area (Å²) in [5.41, 5.74) is 1.35. The number of anilines is 1. The fourth-order valence-electron chi connectivity index (χ4n) is 3.82. The molecule has 0 unspecified atom stereocenters. The van der Waals surface area contributed by atoms with Gasteiger partial charge >= 0.3 is 12.1 Å². The lowest BCUT2D eigenvalue weighted by Crippen LogP contribution is -2.42. The second kappa shape index (κ2) is 11.9. The van der Waals surface area contributed by atoms with Crippen LogP contribution in [0.2, 0.25) is 0 Å². The van der Waals surface area contributed by atoms with Crippen molar-refractivity contribution in [2.24, 2.45) is 0 Å². The topological polar surface area (TPSA) is 119 Å². The minimum Gasteiger partial charge on any atom is -0.480 e. The highest BCUT2D eigenvalue weighted by molar-refractivity contribution is 5.97. The molecule has 0 saturated heterocycles. The van der Waals surface area contributed by atoms with Crippen molar-refractivity contribution in [2.75, 3.05) is 5.23 Å². The standard InChI is InChI=1S/C29H23F3N2O6/c30-29(31,32)22-9-7-20(8-10-22)19-3-5-21(6-4-19)27(35)33-26(28(36)37)17-18-1-13-24(14-2-18)40-25-15-11-23(12-16-25)34(38)39/h1-16,26,38-39H,17H2,(H,33,35)(H,36,37)/t26-/m0/s1. The third-order valence-corrected chi connectivity index (χ3v) is 5.96. The van der Waals surface area contributed by atoms with Gasteiger partial charge in [0.15, 0.2) is 0 Å². The van der Waals surface area contributed by atoms with E-state index in [0.29, 0.717) is 28.2 Å². The van der Waals surface area contributed by atoms with Crippen LogP contribution in [0.3, 0.4) is 0 Å². The second-order valence-corrected chi connectivity index (χ2v) is 8.75. The predicted molar refractivity (Wildman–Crippen MR) is 138 cm³/mol. The van der Waals surface area contributed by atoms with Crippen LogP contribution < -0.4 is 15.3 Å². The van der Waals surface area contributed by atoms with E-state index >= 15 is 0 Å². The number of carboxylic acid groups (broad SMARTS) is 1. The van der Waals surface area contributed by atoms with E-state index in [1.165, 1.54) is 48.5 Å². The van der Waals surface area contributed by atoms with Gasteiger partial charge < -0.3 is 15.2 Å². The molecule has 0 aliphatic rings. The maximum Gasteiger partial charge on any atom is 0.416 e. The van der Waals surface area contributed by atoms with Gasteiger partial charge in [0.25, 0.3) is 5.91 Å². The zero-order valence-electron chi connectivity index (χ0n) is 20.7. The van der Waals surface area contributed by atoms with Crippen LogP contribution in [0.5, 0.6) is 11.5 Å². The lowest BCUT2D eigenvalue weighted by Gasteiger charge is -2.15. The molecule has 1 amide bonds. The average Bonchev–Trinajstić information content (AvgIpc) is 2.93. The molecule has 4 rings (SSSR count). The first kappa shape index (κ1) is 28.1. The Kier molecular flexibility index (Phi) is 8.37. The first-order valence-corrected chi connectivity index (χ1v) is 11.9. The van der Waals surface area contributed by atoms with Crippen molar-refractivity contribution in [3.8, 4) is 22.6 Å². The van der Waals surface area contributed by atoms with E-state index in [1.54, 1.807) is 36.4 Å². The first-order chi connectivity index (χ1) is 19.0. The largest absolute Gasteiger partial charge is 0.480 e. The SMILES string of the molecule is O=C(N[C@@H](Cc1ccc(Oc2ccc(N(O)O)cc2)cc1)C(=O)O)c1ccc(-c2ccc(C(F)(F)F)cc2)cc1. The summed E-state index contributed by atoms with van der Waals surface area (Å²) >= 11 is 0. The predicted octanol–water partition coefficient (Wildman–Crippen LogP) is 6.18. The van der Waals surface area contributed by atoms with Gasteiger partial charge in [-0.1, -0.05) is 36.4 Å². The molecule has 206 valence electrons. The van der Waals surface area contributed by atoms with E-state index in [-0.39, 0.29) is 22.9 Å². The fourth-order valence-corrected chi connectivity index (χ4v) is 3.82. The Morgan fingerprint density at radius 1 is 0.775 bits per heavy atom. The van der Waals surface area contributed by atoms with Crippen molar-refractivity contribution in [2.45, 2.75) is 18.6 Å². The summed E-state index contributed by atoms with van der Waals surface area (Å²) in [6, 6.07) is 22.0. The van der Waals surface area contributed by atoms with Gasteiger partial charge in [-0.3, -0.25) is 15.2 Å². The van der Waals surface area contributed by atoms with Crippen molar-refractivity contribution >= 4 is 17.6 Å². The molecule has 0 spiro atoms. The molecule has 0 aromatic heterocycles. The van der Waals surface area contributed by atoms with Crippen LogP contribution in [-0.4, -0.2) is 33.4 Å². The number of ether oxygens (including phenoxy) is 1. The van der Waals surface area contributed by atoms with Gasteiger partial charge in [0.1, 0.15) is 17.5 Å². The molecule has 4 aromatic carbocycles. The van der Waals surface area contributed by atoms with Crippen LogP contribution in [0.15, 0.2) is 97.1 Å². The Balaban J connectivity index is 1.37. The molecule has 11 heteroatoms. The van der Waals surface area contributed by atoms with Crippen molar-refractivity contribution in [3.05, 3.63) is 114 Å². The van der Waals surface area contributed by atoms with Gasteiger partial charge in [-0.05, 0) is 77.4 Å². The molecule has 0 heterocycles. The van der Waals surface area contributed by atoms with Gasteiger partial charge in [-0.15, -0.1) is 5.23 Å². The van der Waals surface area contributed by atoms with Crippen LogP contribution >= 0.6 is 0 Å². The molecular weight excluding hydrogens is 529 g/mol. The monoisotopic (exact) mass is 552 g/mol. The van der Waals surface area contributed by atoms with Crippen LogP contribution in [0, 0.1) is 0 Å². The summed E-state index contributed by atoms with van der Waals surface area (Å²) in [5.74, 6) is -0.931. The first-order valence-electron chi connectivity index (χ1n) is 11.9.